The summed E-state index contributed by atoms with van der Waals surface area (Å²) in [7, 11) is 1.38. The number of nitrogens with zero attached hydrogens (tertiary/aromatic N) is 3. The second-order valence-corrected chi connectivity index (χ2v) is 5.06. The zero-order chi connectivity index (χ0) is 16.6. The Bertz CT molecular complexity index is 1030. The van der Waals surface area contributed by atoms with Crippen molar-refractivity contribution in [3.8, 4) is 0 Å². The van der Waals surface area contributed by atoms with Gasteiger partial charge in [-0.25, -0.2) is 4.79 Å². The van der Waals surface area contributed by atoms with Crippen LogP contribution in [0.3, 0.4) is 0 Å². The van der Waals surface area contributed by atoms with Gasteiger partial charge in [0.05, 0.1) is 17.5 Å². The van der Waals surface area contributed by atoms with Gasteiger partial charge in [-0.05, 0) is 13.0 Å². The quantitative estimate of drug-likeness (QED) is 0.668. The SMILES string of the molecule is CCOC(=O)Cn1c2cccccc2c2c(=O)n(C)c(=O)nc21. The molecule has 0 atom stereocenters. The smallest absolute Gasteiger partial charge is 0.352 e. The van der Waals surface area contributed by atoms with Crippen molar-refractivity contribution in [2.45, 2.75) is 13.5 Å². The van der Waals surface area contributed by atoms with Crippen molar-refractivity contribution in [3.63, 3.8) is 0 Å². The third-order valence-electron chi connectivity index (χ3n) is 3.65. The Labute approximate surface area is 130 Å². The van der Waals surface area contributed by atoms with Crippen LogP contribution < -0.4 is 11.2 Å². The van der Waals surface area contributed by atoms with E-state index in [0.29, 0.717) is 16.3 Å². The lowest BCUT2D eigenvalue weighted by Gasteiger charge is -2.05. The molecule has 2 aromatic heterocycles. The molecule has 7 nitrogen and oxygen atoms in total. The topological polar surface area (TPSA) is 83.2 Å². The number of ether oxygens (including phenoxy) is 1. The molecule has 1 aromatic carbocycles. The lowest BCUT2D eigenvalue weighted by Crippen LogP contribution is -2.32. The van der Waals surface area contributed by atoms with Crippen molar-refractivity contribution in [1.29, 1.82) is 0 Å². The molecule has 0 spiro atoms. The second kappa shape index (κ2) is 5.68. The molecule has 3 aromatic rings. The minimum Gasteiger partial charge on any atom is -0.465 e. The molecule has 0 aliphatic heterocycles. The maximum Gasteiger partial charge on any atom is 0.352 e. The average molecular weight is 313 g/mol. The van der Waals surface area contributed by atoms with Gasteiger partial charge < -0.3 is 9.30 Å². The van der Waals surface area contributed by atoms with Crippen LogP contribution in [-0.2, 0) is 23.1 Å². The first-order valence-corrected chi connectivity index (χ1v) is 7.18. The Kier molecular flexibility index (Phi) is 3.69. The third-order valence-corrected chi connectivity index (χ3v) is 3.65. The molecule has 0 saturated carbocycles. The van der Waals surface area contributed by atoms with E-state index in [4.69, 9.17) is 4.74 Å². The molecular weight excluding hydrogens is 298 g/mol. The van der Waals surface area contributed by atoms with Gasteiger partial charge in [0.15, 0.2) is 5.65 Å². The number of hydrogen-bond acceptors (Lipinski definition) is 5. The average Bonchev–Trinajstić information content (AvgIpc) is 2.67. The van der Waals surface area contributed by atoms with Crippen LogP contribution in [0.25, 0.3) is 21.9 Å². The number of rotatable bonds is 3. The van der Waals surface area contributed by atoms with Gasteiger partial charge in [0, 0.05) is 12.4 Å². The highest BCUT2D eigenvalue weighted by atomic mass is 16.5. The number of aromatic nitrogens is 3. The van der Waals surface area contributed by atoms with Gasteiger partial charge in [-0.3, -0.25) is 14.2 Å². The minimum atomic E-state index is -0.653. The minimum absolute atomic E-state index is 0.114. The first-order chi connectivity index (χ1) is 11.0. The molecule has 0 fully saturated rings. The van der Waals surface area contributed by atoms with Crippen molar-refractivity contribution in [3.05, 3.63) is 51.2 Å². The van der Waals surface area contributed by atoms with E-state index in [1.807, 2.05) is 6.07 Å². The van der Waals surface area contributed by atoms with Crippen LogP contribution in [0.1, 0.15) is 6.92 Å². The largest absolute Gasteiger partial charge is 0.465 e. The van der Waals surface area contributed by atoms with Crippen molar-refractivity contribution in [2.75, 3.05) is 6.61 Å². The highest BCUT2D eigenvalue weighted by Gasteiger charge is 2.18. The van der Waals surface area contributed by atoms with Crippen molar-refractivity contribution in [2.24, 2.45) is 7.05 Å². The number of esters is 1. The van der Waals surface area contributed by atoms with Crippen LogP contribution in [-0.4, -0.2) is 26.7 Å². The molecule has 0 N–H and O–H groups in total. The van der Waals surface area contributed by atoms with E-state index in [-0.39, 0.29) is 18.8 Å². The first-order valence-electron chi connectivity index (χ1n) is 7.18. The highest BCUT2D eigenvalue weighted by molar-refractivity contribution is 6.06. The van der Waals surface area contributed by atoms with Gasteiger partial charge in [-0.15, -0.1) is 0 Å². The molecule has 23 heavy (non-hydrogen) atoms. The molecule has 7 heteroatoms. The molecule has 0 unspecified atom stereocenters. The fourth-order valence-electron chi connectivity index (χ4n) is 2.60. The van der Waals surface area contributed by atoms with Gasteiger partial charge in [-0.1, -0.05) is 24.3 Å². The summed E-state index contributed by atoms with van der Waals surface area (Å²) in [5, 5.41) is 0.963. The fraction of sp³-hybridized carbons (Fsp3) is 0.250. The molecule has 0 aliphatic carbocycles. The Balaban J connectivity index is 2.45. The summed E-state index contributed by atoms with van der Waals surface area (Å²) in [5.74, 6) is -0.451. The molecule has 0 radical (unpaired) electrons. The fourth-order valence-corrected chi connectivity index (χ4v) is 2.60. The van der Waals surface area contributed by atoms with Gasteiger partial charge in [0.25, 0.3) is 5.56 Å². The molecule has 3 rings (SSSR count). The van der Waals surface area contributed by atoms with Crippen LogP contribution in [0.2, 0.25) is 0 Å². The summed E-state index contributed by atoms with van der Waals surface area (Å²) >= 11 is 0. The Hall–Kier alpha value is -2.96. The Morgan fingerprint density at radius 1 is 1.22 bits per heavy atom. The predicted octanol–water partition coefficient (Wildman–Crippen LogP) is 0.811. The van der Waals surface area contributed by atoms with Crippen LogP contribution in [0, 0.1) is 0 Å². The Morgan fingerprint density at radius 3 is 2.70 bits per heavy atom. The summed E-state index contributed by atoms with van der Waals surface area (Å²) in [6.45, 7) is 1.86. The van der Waals surface area contributed by atoms with Gasteiger partial charge in [0.1, 0.15) is 6.54 Å². The summed E-state index contributed by atoms with van der Waals surface area (Å²) in [6.07, 6.45) is 0. The lowest BCUT2D eigenvalue weighted by atomic mass is 10.2. The number of hydrogen-bond donors (Lipinski definition) is 0. The van der Waals surface area contributed by atoms with E-state index < -0.39 is 17.2 Å². The second-order valence-electron chi connectivity index (χ2n) is 5.06. The molecule has 2 heterocycles. The van der Waals surface area contributed by atoms with Crippen molar-refractivity contribution in [1.82, 2.24) is 14.1 Å². The maximum absolute atomic E-state index is 12.5. The molecule has 0 saturated heterocycles. The van der Waals surface area contributed by atoms with E-state index in [2.05, 4.69) is 4.98 Å². The van der Waals surface area contributed by atoms with E-state index in [9.17, 15) is 14.4 Å². The van der Waals surface area contributed by atoms with Crippen LogP contribution in [0.5, 0.6) is 0 Å². The summed E-state index contributed by atoms with van der Waals surface area (Å²) in [4.78, 5) is 40.2. The van der Waals surface area contributed by atoms with Gasteiger partial charge in [0.2, 0.25) is 0 Å². The maximum atomic E-state index is 12.5. The van der Waals surface area contributed by atoms with Gasteiger partial charge in [-0.2, -0.15) is 4.98 Å². The predicted molar refractivity (Wildman–Crippen MR) is 85.4 cm³/mol. The molecule has 0 bridgehead atoms. The zero-order valence-corrected chi connectivity index (χ0v) is 12.8. The summed E-state index contributed by atoms with van der Waals surface area (Å²) in [6, 6.07) is 8.96. The van der Waals surface area contributed by atoms with Crippen LogP contribution in [0.4, 0.5) is 0 Å². The number of carbonyl (C=O) groups is 1. The molecular formula is C16H15N3O4. The first kappa shape index (κ1) is 15.0. The third kappa shape index (κ3) is 2.40. The summed E-state index contributed by atoms with van der Waals surface area (Å²) < 4.78 is 7.48. The normalized spacial score (nSPS) is 11.0. The zero-order valence-electron chi connectivity index (χ0n) is 12.8. The molecule has 0 aliphatic rings. The van der Waals surface area contributed by atoms with Crippen LogP contribution >= 0.6 is 0 Å². The van der Waals surface area contributed by atoms with E-state index >= 15 is 0 Å². The van der Waals surface area contributed by atoms with Crippen molar-refractivity contribution < 1.29 is 9.53 Å². The standard InChI is InChI=1S/C16H15N3O4/c1-3-23-12(20)9-19-11-8-6-4-5-7-10(11)13-14(19)17-16(22)18(2)15(13)21/h4-8H,3,9H2,1-2H3. The van der Waals surface area contributed by atoms with Crippen LogP contribution in [0.15, 0.2) is 39.9 Å². The van der Waals surface area contributed by atoms with E-state index in [0.717, 1.165) is 4.57 Å². The molecule has 0 amide bonds. The lowest BCUT2D eigenvalue weighted by molar-refractivity contribution is -0.143. The molecule has 118 valence electrons. The Morgan fingerprint density at radius 2 is 1.96 bits per heavy atom. The summed E-state index contributed by atoms with van der Waals surface area (Å²) in [5.41, 5.74) is -0.237. The van der Waals surface area contributed by atoms with Gasteiger partial charge >= 0.3 is 11.7 Å². The van der Waals surface area contributed by atoms with Crippen molar-refractivity contribution >= 4 is 27.9 Å². The van der Waals surface area contributed by atoms with E-state index in [1.165, 1.54) is 7.05 Å². The van der Waals surface area contributed by atoms with E-state index in [1.54, 1.807) is 35.8 Å². The number of carbonyl (C=O) groups excluding carboxylic acids is 1. The number of fused-ring (bicyclic) bond motifs is 3. The monoisotopic (exact) mass is 313 g/mol. The highest BCUT2D eigenvalue weighted by Crippen LogP contribution is 2.23.